The SMILES string of the molecule is COC(=O)c1cc(C(=O)OC)c(S(=O)(=O)OC)cc1Oc1ccc(Cl)cc1. The molecule has 0 fully saturated rings. The summed E-state index contributed by atoms with van der Waals surface area (Å²) in [7, 11) is -1.17. The zero-order chi connectivity index (χ0) is 20.2. The van der Waals surface area contributed by atoms with Gasteiger partial charge in [-0.1, -0.05) is 11.6 Å². The van der Waals surface area contributed by atoms with Gasteiger partial charge in [-0.2, -0.15) is 8.42 Å². The largest absolute Gasteiger partial charge is 0.465 e. The van der Waals surface area contributed by atoms with E-state index in [1.165, 1.54) is 12.1 Å². The first kappa shape index (κ1) is 20.7. The monoisotopic (exact) mass is 414 g/mol. The van der Waals surface area contributed by atoms with Crippen molar-refractivity contribution in [3.05, 3.63) is 52.5 Å². The van der Waals surface area contributed by atoms with Crippen LogP contribution in [0.2, 0.25) is 5.02 Å². The van der Waals surface area contributed by atoms with Crippen molar-refractivity contribution in [1.29, 1.82) is 0 Å². The lowest BCUT2D eigenvalue weighted by Gasteiger charge is -2.14. The number of benzene rings is 2. The third-order valence-corrected chi connectivity index (χ3v) is 4.99. The van der Waals surface area contributed by atoms with Crippen LogP contribution in [0.15, 0.2) is 41.3 Å². The van der Waals surface area contributed by atoms with Crippen molar-refractivity contribution >= 4 is 33.7 Å². The summed E-state index contributed by atoms with van der Waals surface area (Å²) in [5.41, 5.74) is -0.578. The molecular formula is C17H15ClO8S. The van der Waals surface area contributed by atoms with Crippen LogP contribution in [0.25, 0.3) is 0 Å². The van der Waals surface area contributed by atoms with Gasteiger partial charge in [0.05, 0.1) is 26.9 Å². The Morgan fingerprint density at radius 1 is 0.889 bits per heavy atom. The molecule has 0 atom stereocenters. The number of carbonyl (C=O) groups is 2. The van der Waals surface area contributed by atoms with Crippen LogP contribution in [-0.4, -0.2) is 41.7 Å². The number of carbonyl (C=O) groups excluding carboxylic acids is 2. The van der Waals surface area contributed by atoms with E-state index in [2.05, 4.69) is 13.7 Å². The molecule has 0 aromatic heterocycles. The van der Waals surface area contributed by atoms with Gasteiger partial charge in [0, 0.05) is 11.1 Å². The number of halogens is 1. The van der Waals surface area contributed by atoms with Crippen molar-refractivity contribution in [2.24, 2.45) is 0 Å². The third-order valence-electron chi connectivity index (χ3n) is 3.42. The van der Waals surface area contributed by atoms with Crippen molar-refractivity contribution < 1.29 is 36.4 Å². The predicted octanol–water partition coefficient (Wildman–Crippen LogP) is 3.04. The van der Waals surface area contributed by atoms with Crippen LogP contribution < -0.4 is 4.74 Å². The highest BCUT2D eigenvalue weighted by molar-refractivity contribution is 7.86. The molecule has 0 N–H and O–H groups in total. The number of ether oxygens (including phenoxy) is 3. The second kappa shape index (κ2) is 8.38. The van der Waals surface area contributed by atoms with E-state index < -0.39 is 32.5 Å². The molecule has 0 saturated heterocycles. The number of rotatable bonds is 6. The van der Waals surface area contributed by atoms with Crippen LogP contribution in [-0.2, 0) is 23.8 Å². The highest BCUT2D eigenvalue weighted by atomic mass is 35.5. The van der Waals surface area contributed by atoms with E-state index in [-0.39, 0.29) is 17.1 Å². The fraction of sp³-hybridized carbons (Fsp3) is 0.176. The van der Waals surface area contributed by atoms with Crippen molar-refractivity contribution in [3.63, 3.8) is 0 Å². The van der Waals surface area contributed by atoms with E-state index in [0.29, 0.717) is 5.02 Å². The summed E-state index contributed by atoms with van der Waals surface area (Å²) in [4.78, 5) is 23.6. The van der Waals surface area contributed by atoms with Gasteiger partial charge >= 0.3 is 11.9 Å². The number of hydrogen-bond donors (Lipinski definition) is 0. The Morgan fingerprint density at radius 2 is 1.44 bits per heavy atom. The van der Waals surface area contributed by atoms with Crippen LogP contribution in [0.4, 0.5) is 0 Å². The second-order valence-electron chi connectivity index (χ2n) is 5.00. The lowest BCUT2D eigenvalue weighted by atomic mass is 10.1. The lowest BCUT2D eigenvalue weighted by molar-refractivity contribution is 0.0594. The summed E-state index contributed by atoms with van der Waals surface area (Å²) in [6.07, 6.45) is 0. The summed E-state index contributed by atoms with van der Waals surface area (Å²) in [5, 5.41) is 0.458. The Morgan fingerprint density at radius 3 is 1.96 bits per heavy atom. The molecule has 2 aromatic rings. The predicted molar refractivity (Wildman–Crippen MR) is 94.8 cm³/mol. The van der Waals surface area contributed by atoms with Gasteiger partial charge in [0.2, 0.25) is 0 Å². The first-order chi connectivity index (χ1) is 12.7. The Labute approximate surface area is 160 Å². The van der Waals surface area contributed by atoms with Crippen LogP contribution in [0.5, 0.6) is 11.5 Å². The number of esters is 2. The van der Waals surface area contributed by atoms with Gasteiger partial charge in [-0.05, 0) is 30.3 Å². The average Bonchev–Trinajstić information content (AvgIpc) is 2.68. The standard InChI is InChI=1S/C17H15ClO8S/c1-23-16(19)12-8-13(17(20)24-2)15(27(21,22)25-3)9-14(12)26-11-6-4-10(18)5-7-11/h4-9H,1-3H3. The molecule has 0 heterocycles. The Hall–Kier alpha value is -2.62. The summed E-state index contributed by atoms with van der Waals surface area (Å²) in [6.45, 7) is 0. The van der Waals surface area contributed by atoms with Crippen molar-refractivity contribution in [2.75, 3.05) is 21.3 Å². The first-order valence-corrected chi connectivity index (χ1v) is 9.10. The van der Waals surface area contributed by atoms with Crippen LogP contribution in [0.3, 0.4) is 0 Å². The molecule has 8 nitrogen and oxygen atoms in total. The van der Waals surface area contributed by atoms with Gasteiger partial charge in [0.15, 0.2) is 0 Å². The molecule has 0 radical (unpaired) electrons. The van der Waals surface area contributed by atoms with Gasteiger partial charge in [-0.3, -0.25) is 4.18 Å². The highest BCUT2D eigenvalue weighted by Crippen LogP contribution is 2.33. The average molecular weight is 415 g/mol. The zero-order valence-electron chi connectivity index (χ0n) is 14.5. The van der Waals surface area contributed by atoms with Crippen LogP contribution in [0, 0.1) is 0 Å². The Kier molecular flexibility index (Phi) is 6.42. The van der Waals surface area contributed by atoms with Crippen molar-refractivity contribution in [3.8, 4) is 11.5 Å². The topological polar surface area (TPSA) is 105 Å². The summed E-state index contributed by atoms with van der Waals surface area (Å²) >= 11 is 5.82. The van der Waals surface area contributed by atoms with Gasteiger partial charge in [0.1, 0.15) is 22.0 Å². The molecule has 144 valence electrons. The van der Waals surface area contributed by atoms with Gasteiger partial charge in [-0.25, -0.2) is 9.59 Å². The smallest absolute Gasteiger partial charge is 0.341 e. The number of hydrogen-bond acceptors (Lipinski definition) is 8. The van der Waals surface area contributed by atoms with E-state index in [1.807, 2.05) is 0 Å². The normalized spacial score (nSPS) is 11.0. The van der Waals surface area contributed by atoms with Crippen molar-refractivity contribution in [1.82, 2.24) is 0 Å². The van der Waals surface area contributed by atoms with Gasteiger partial charge in [0.25, 0.3) is 10.1 Å². The molecule has 2 aromatic carbocycles. The molecular weight excluding hydrogens is 400 g/mol. The van der Waals surface area contributed by atoms with E-state index in [4.69, 9.17) is 16.3 Å². The lowest BCUT2D eigenvalue weighted by Crippen LogP contribution is -2.15. The first-order valence-electron chi connectivity index (χ1n) is 7.32. The van der Waals surface area contributed by atoms with Gasteiger partial charge < -0.3 is 14.2 Å². The summed E-state index contributed by atoms with van der Waals surface area (Å²) in [5.74, 6) is -1.71. The molecule has 0 bridgehead atoms. The van der Waals surface area contributed by atoms with Crippen LogP contribution in [0.1, 0.15) is 20.7 Å². The minimum absolute atomic E-state index is 0.160. The Balaban J connectivity index is 2.72. The van der Waals surface area contributed by atoms with E-state index in [9.17, 15) is 18.0 Å². The summed E-state index contributed by atoms with van der Waals surface area (Å²) < 4.78 is 43.8. The molecule has 10 heteroatoms. The maximum atomic E-state index is 12.2. The van der Waals surface area contributed by atoms with Gasteiger partial charge in [-0.15, -0.1) is 0 Å². The molecule has 27 heavy (non-hydrogen) atoms. The molecule has 0 aliphatic heterocycles. The van der Waals surface area contributed by atoms with E-state index in [0.717, 1.165) is 33.5 Å². The minimum atomic E-state index is -4.31. The second-order valence-corrected chi connectivity index (χ2v) is 7.12. The Bertz CT molecular complexity index is 967. The molecule has 0 spiro atoms. The molecule has 0 unspecified atom stereocenters. The zero-order valence-corrected chi connectivity index (χ0v) is 16.1. The van der Waals surface area contributed by atoms with Crippen molar-refractivity contribution in [2.45, 2.75) is 4.90 Å². The maximum Gasteiger partial charge on any atom is 0.341 e. The minimum Gasteiger partial charge on any atom is -0.465 e. The number of methoxy groups -OCH3 is 2. The quantitative estimate of drug-likeness (QED) is 0.524. The summed E-state index contributed by atoms with van der Waals surface area (Å²) in [6, 6.07) is 8.12. The fourth-order valence-corrected chi connectivity index (χ4v) is 3.08. The molecule has 0 amide bonds. The maximum absolute atomic E-state index is 12.2. The fourth-order valence-electron chi connectivity index (χ4n) is 2.11. The molecule has 0 aliphatic rings. The highest BCUT2D eigenvalue weighted by Gasteiger charge is 2.28. The molecule has 0 saturated carbocycles. The van der Waals surface area contributed by atoms with Crippen LogP contribution >= 0.6 is 11.6 Å². The molecule has 0 aliphatic carbocycles. The van der Waals surface area contributed by atoms with E-state index >= 15 is 0 Å². The molecule has 2 rings (SSSR count). The van der Waals surface area contributed by atoms with E-state index in [1.54, 1.807) is 12.1 Å². The third kappa shape index (κ3) is 4.57.